The molecule has 2 aromatic carbocycles. The first-order valence-electron chi connectivity index (χ1n) is 7.83. The number of alkyl halides is 2. The molecule has 0 bridgehead atoms. The summed E-state index contributed by atoms with van der Waals surface area (Å²) in [4.78, 5) is 24.2. The van der Waals surface area contributed by atoms with Gasteiger partial charge in [-0.1, -0.05) is 12.1 Å². The molecule has 0 aliphatic rings. The van der Waals surface area contributed by atoms with Gasteiger partial charge in [0.25, 0.3) is 11.8 Å². The Morgan fingerprint density at radius 3 is 2.07 bits per heavy atom. The zero-order chi connectivity index (χ0) is 19.2. The van der Waals surface area contributed by atoms with Crippen LogP contribution in [0.2, 0.25) is 0 Å². The molecular weight excluding hydrogens is 358 g/mol. The zero-order valence-corrected chi connectivity index (χ0v) is 13.8. The number of benzene rings is 2. The number of anilines is 2. The van der Waals surface area contributed by atoms with Crippen LogP contribution >= 0.6 is 0 Å². The quantitative estimate of drug-likeness (QED) is 0.673. The van der Waals surface area contributed by atoms with Crippen molar-refractivity contribution in [2.24, 2.45) is 0 Å². The molecule has 3 aromatic rings. The molecule has 1 aromatic heterocycles. The van der Waals surface area contributed by atoms with Gasteiger partial charge in [-0.2, -0.15) is 8.78 Å². The summed E-state index contributed by atoms with van der Waals surface area (Å²) in [5.41, 5.74) is 0.895. The number of halogens is 2. The molecule has 0 atom stereocenters. The van der Waals surface area contributed by atoms with Crippen LogP contribution in [0.5, 0.6) is 5.75 Å². The molecule has 0 fully saturated rings. The normalized spacial score (nSPS) is 10.5. The van der Waals surface area contributed by atoms with Gasteiger partial charge in [-0.25, -0.2) is 0 Å². The zero-order valence-electron chi connectivity index (χ0n) is 13.8. The predicted octanol–water partition coefficient (Wildman–Crippen LogP) is 4.39. The van der Waals surface area contributed by atoms with Crippen molar-refractivity contribution >= 4 is 23.2 Å². The molecule has 0 saturated heterocycles. The second kappa shape index (κ2) is 8.13. The van der Waals surface area contributed by atoms with Crippen LogP contribution in [0.4, 0.5) is 20.2 Å². The van der Waals surface area contributed by atoms with E-state index in [1.54, 1.807) is 36.4 Å². The van der Waals surface area contributed by atoms with E-state index in [9.17, 15) is 18.4 Å². The second-order valence-corrected chi connectivity index (χ2v) is 5.34. The summed E-state index contributed by atoms with van der Waals surface area (Å²) in [6.45, 7) is -3.03. The Balaban J connectivity index is 1.66. The van der Waals surface area contributed by atoms with E-state index in [4.69, 9.17) is 4.42 Å². The number of carbonyl (C=O) groups excluding carboxylic acids is 2. The molecule has 0 unspecified atom stereocenters. The maximum Gasteiger partial charge on any atom is 0.387 e. The lowest BCUT2D eigenvalue weighted by atomic mass is 10.2. The van der Waals surface area contributed by atoms with Gasteiger partial charge in [-0.05, 0) is 48.5 Å². The molecule has 6 nitrogen and oxygen atoms in total. The Kier molecular flexibility index (Phi) is 5.46. The number of hydrogen-bond donors (Lipinski definition) is 2. The Bertz CT molecular complexity index is 925. The fourth-order valence-corrected chi connectivity index (χ4v) is 2.29. The molecule has 0 aliphatic heterocycles. The molecule has 8 heteroatoms. The average Bonchev–Trinajstić information content (AvgIpc) is 3.18. The summed E-state index contributed by atoms with van der Waals surface area (Å²) in [6.07, 6.45) is 1.39. The van der Waals surface area contributed by atoms with Crippen LogP contribution in [0.1, 0.15) is 20.9 Å². The molecular formula is C19H14F2N2O4. The number of nitrogens with one attached hydrogen (secondary N) is 2. The number of para-hydroxylation sites is 1. The van der Waals surface area contributed by atoms with Crippen LogP contribution in [0.15, 0.2) is 71.3 Å². The Hall–Kier alpha value is -3.68. The monoisotopic (exact) mass is 372 g/mol. The van der Waals surface area contributed by atoms with Crippen molar-refractivity contribution in [1.82, 2.24) is 0 Å². The Morgan fingerprint density at radius 2 is 1.48 bits per heavy atom. The van der Waals surface area contributed by atoms with Gasteiger partial charge in [0.15, 0.2) is 5.76 Å². The first-order valence-corrected chi connectivity index (χ1v) is 7.83. The van der Waals surface area contributed by atoms with Crippen molar-refractivity contribution in [3.63, 3.8) is 0 Å². The van der Waals surface area contributed by atoms with E-state index in [0.29, 0.717) is 11.4 Å². The third-order valence-corrected chi connectivity index (χ3v) is 3.49. The van der Waals surface area contributed by atoms with Gasteiger partial charge < -0.3 is 19.8 Å². The van der Waals surface area contributed by atoms with E-state index in [1.807, 2.05) is 0 Å². The first kappa shape index (κ1) is 18.1. The number of amides is 2. The molecule has 0 spiro atoms. The van der Waals surface area contributed by atoms with Crippen LogP contribution in [-0.2, 0) is 0 Å². The summed E-state index contributed by atoms with van der Waals surface area (Å²) in [5, 5.41) is 5.22. The molecule has 2 amide bonds. The summed E-state index contributed by atoms with van der Waals surface area (Å²) < 4.78 is 34.2. The SMILES string of the molecule is O=C(Nc1ccc(NC(=O)c2ccccc2OC(F)F)cc1)c1ccco1. The summed E-state index contributed by atoms with van der Waals surface area (Å²) >= 11 is 0. The highest BCUT2D eigenvalue weighted by Gasteiger charge is 2.15. The van der Waals surface area contributed by atoms with Crippen molar-refractivity contribution in [2.75, 3.05) is 10.6 Å². The largest absolute Gasteiger partial charge is 0.459 e. The molecule has 3 rings (SSSR count). The summed E-state index contributed by atoms with van der Waals surface area (Å²) in [5.74, 6) is -1.05. The van der Waals surface area contributed by atoms with Crippen LogP contribution in [0.3, 0.4) is 0 Å². The van der Waals surface area contributed by atoms with Crippen LogP contribution in [0.25, 0.3) is 0 Å². The smallest absolute Gasteiger partial charge is 0.387 e. The number of carbonyl (C=O) groups is 2. The van der Waals surface area contributed by atoms with Gasteiger partial charge >= 0.3 is 6.61 Å². The number of furan rings is 1. The van der Waals surface area contributed by atoms with E-state index < -0.39 is 18.4 Å². The summed E-state index contributed by atoms with van der Waals surface area (Å²) in [6, 6.07) is 15.1. The van der Waals surface area contributed by atoms with Gasteiger partial charge in [-0.3, -0.25) is 9.59 Å². The van der Waals surface area contributed by atoms with Gasteiger partial charge in [0.1, 0.15) is 5.75 Å². The van der Waals surface area contributed by atoms with Crippen molar-refractivity contribution in [2.45, 2.75) is 6.61 Å². The molecule has 1 heterocycles. The number of ether oxygens (including phenoxy) is 1. The van der Waals surface area contributed by atoms with Crippen molar-refractivity contribution in [3.8, 4) is 5.75 Å². The predicted molar refractivity (Wildman–Crippen MR) is 94.1 cm³/mol. The lowest BCUT2D eigenvalue weighted by Gasteiger charge is -2.11. The molecule has 0 radical (unpaired) electrons. The van der Waals surface area contributed by atoms with Crippen LogP contribution < -0.4 is 15.4 Å². The number of hydrogen-bond acceptors (Lipinski definition) is 4. The third kappa shape index (κ3) is 4.69. The average molecular weight is 372 g/mol. The maximum absolute atomic E-state index is 12.4. The lowest BCUT2D eigenvalue weighted by Crippen LogP contribution is -2.15. The molecule has 0 saturated carbocycles. The van der Waals surface area contributed by atoms with Gasteiger partial charge in [0, 0.05) is 11.4 Å². The molecule has 138 valence electrons. The Morgan fingerprint density at radius 1 is 0.852 bits per heavy atom. The van der Waals surface area contributed by atoms with Crippen LogP contribution in [0, 0.1) is 0 Å². The Labute approximate surface area is 152 Å². The molecule has 27 heavy (non-hydrogen) atoms. The minimum absolute atomic E-state index is 0.0204. The highest BCUT2D eigenvalue weighted by molar-refractivity contribution is 6.06. The van der Waals surface area contributed by atoms with E-state index >= 15 is 0 Å². The highest BCUT2D eigenvalue weighted by Crippen LogP contribution is 2.22. The third-order valence-electron chi connectivity index (χ3n) is 3.49. The molecule has 0 aliphatic carbocycles. The maximum atomic E-state index is 12.4. The van der Waals surface area contributed by atoms with E-state index in [2.05, 4.69) is 15.4 Å². The van der Waals surface area contributed by atoms with E-state index in [0.717, 1.165) is 0 Å². The van der Waals surface area contributed by atoms with Crippen molar-refractivity contribution in [3.05, 3.63) is 78.3 Å². The van der Waals surface area contributed by atoms with Crippen LogP contribution in [-0.4, -0.2) is 18.4 Å². The summed E-state index contributed by atoms with van der Waals surface area (Å²) in [7, 11) is 0. The fourth-order valence-electron chi connectivity index (χ4n) is 2.29. The van der Waals surface area contributed by atoms with Crippen molar-refractivity contribution in [1.29, 1.82) is 0 Å². The minimum Gasteiger partial charge on any atom is -0.459 e. The lowest BCUT2D eigenvalue weighted by molar-refractivity contribution is -0.0501. The standard InChI is InChI=1S/C19H14F2N2O4/c20-19(21)27-15-5-2-1-4-14(15)17(24)22-12-7-9-13(10-8-12)23-18(25)16-6-3-11-26-16/h1-11,19H,(H,22,24)(H,23,25). The molecule has 2 N–H and O–H groups in total. The highest BCUT2D eigenvalue weighted by atomic mass is 19.3. The van der Waals surface area contributed by atoms with E-state index in [1.165, 1.54) is 30.5 Å². The minimum atomic E-state index is -3.03. The van der Waals surface area contributed by atoms with Gasteiger partial charge in [-0.15, -0.1) is 0 Å². The second-order valence-electron chi connectivity index (χ2n) is 5.34. The topological polar surface area (TPSA) is 80.6 Å². The van der Waals surface area contributed by atoms with Gasteiger partial charge in [0.2, 0.25) is 0 Å². The number of rotatable bonds is 6. The van der Waals surface area contributed by atoms with Crippen molar-refractivity contribution < 1.29 is 27.5 Å². The van der Waals surface area contributed by atoms with Gasteiger partial charge in [0.05, 0.1) is 11.8 Å². The van der Waals surface area contributed by atoms with E-state index in [-0.39, 0.29) is 17.1 Å². The first-order chi connectivity index (χ1) is 13.0. The fraction of sp³-hybridized carbons (Fsp3) is 0.0526.